The van der Waals surface area contributed by atoms with E-state index in [1.807, 2.05) is 24.3 Å². The van der Waals surface area contributed by atoms with E-state index in [9.17, 15) is 4.79 Å². The lowest BCUT2D eigenvalue weighted by atomic mass is 10.2. The van der Waals surface area contributed by atoms with Gasteiger partial charge in [-0.25, -0.2) is 4.79 Å². The minimum atomic E-state index is -0.342. The third kappa shape index (κ3) is 2.94. The number of rotatable bonds is 4. The Bertz CT molecular complexity index is 682. The second kappa shape index (κ2) is 6.15. The van der Waals surface area contributed by atoms with Crippen LogP contribution < -0.4 is 10.6 Å². The summed E-state index contributed by atoms with van der Waals surface area (Å²) in [5, 5.41) is 22.8. The van der Waals surface area contributed by atoms with E-state index >= 15 is 0 Å². The molecule has 0 aliphatic carbocycles. The van der Waals surface area contributed by atoms with E-state index in [0.717, 1.165) is 36.6 Å². The largest absolute Gasteiger partial charge is 0.394 e. The van der Waals surface area contributed by atoms with Crippen molar-refractivity contribution in [3.05, 3.63) is 30.1 Å². The van der Waals surface area contributed by atoms with E-state index in [4.69, 9.17) is 5.11 Å². The predicted octanol–water partition coefficient (Wildman–Crippen LogP) is 1.39. The fourth-order valence-electron chi connectivity index (χ4n) is 2.54. The number of nitrogens with one attached hydrogen (secondary N) is 2. The fraction of sp³-hybridized carbons (Fsp3) is 0.400. The molecular formula is C15H19N5O2. The lowest BCUT2D eigenvalue weighted by Crippen LogP contribution is -2.38. The Morgan fingerprint density at radius 3 is 3.14 bits per heavy atom. The number of carbonyl (C=O) groups is 1. The highest BCUT2D eigenvalue weighted by atomic mass is 16.3. The summed E-state index contributed by atoms with van der Waals surface area (Å²) in [6.45, 7) is 2.57. The van der Waals surface area contributed by atoms with Crippen molar-refractivity contribution < 1.29 is 9.90 Å². The molecule has 0 bridgehead atoms. The first-order valence-electron chi connectivity index (χ1n) is 7.38. The molecule has 116 valence electrons. The standard InChI is InChI=1S/C15H19N5O2/c1-10(9-21)16-15(22)17-12-5-2-4-11(8-12)14-19-18-13-6-3-7-20(13)14/h2,4-5,8,10,21H,3,6-7,9H2,1H3,(H2,16,17,22). The molecule has 1 aromatic carbocycles. The maximum Gasteiger partial charge on any atom is 0.319 e. The number of nitrogens with zero attached hydrogens (tertiary/aromatic N) is 3. The number of aromatic nitrogens is 3. The number of anilines is 1. The minimum absolute atomic E-state index is 0.0979. The van der Waals surface area contributed by atoms with Crippen molar-refractivity contribution >= 4 is 11.7 Å². The van der Waals surface area contributed by atoms with Gasteiger partial charge in [-0.05, 0) is 25.5 Å². The number of hydrogen-bond acceptors (Lipinski definition) is 4. The molecule has 3 N–H and O–H groups in total. The monoisotopic (exact) mass is 301 g/mol. The van der Waals surface area contributed by atoms with Crippen LogP contribution in [0.5, 0.6) is 0 Å². The molecule has 0 saturated heterocycles. The average molecular weight is 301 g/mol. The van der Waals surface area contributed by atoms with Gasteiger partial charge >= 0.3 is 6.03 Å². The maximum atomic E-state index is 11.8. The van der Waals surface area contributed by atoms with Gasteiger partial charge in [-0.2, -0.15) is 0 Å². The van der Waals surface area contributed by atoms with Crippen LogP contribution in [0.2, 0.25) is 0 Å². The maximum absolute atomic E-state index is 11.8. The summed E-state index contributed by atoms with van der Waals surface area (Å²) in [5.74, 6) is 1.85. The van der Waals surface area contributed by atoms with Crippen molar-refractivity contribution in [3.8, 4) is 11.4 Å². The van der Waals surface area contributed by atoms with E-state index < -0.39 is 0 Å². The number of urea groups is 1. The molecule has 1 aliphatic rings. The molecule has 2 heterocycles. The minimum Gasteiger partial charge on any atom is -0.394 e. The Kier molecular flexibility index (Phi) is 4.06. The van der Waals surface area contributed by atoms with Gasteiger partial charge in [-0.15, -0.1) is 10.2 Å². The molecule has 0 fully saturated rings. The lowest BCUT2D eigenvalue weighted by Gasteiger charge is -2.12. The van der Waals surface area contributed by atoms with Gasteiger partial charge in [0.15, 0.2) is 5.82 Å². The van der Waals surface area contributed by atoms with Gasteiger partial charge in [0.1, 0.15) is 5.82 Å². The first-order chi connectivity index (χ1) is 10.7. The molecule has 3 rings (SSSR count). The number of hydrogen-bond donors (Lipinski definition) is 3. The number of benzene rings is 1. The number of aryl methyl sites for hydroxylation is 1. The van der Waals surface area contributed by atoms with Crippen LogP contribution in [0.4, 0.5) is 10.5 Å². The van der Waals surface area contributed by atoms with Gasteiger partial charge in [0.2, 0.25) is 0 Å². The number of amides is 2. The van der Waals surface area contributed by atoms with E-state index in [1.54, 1.807) is 6.92 Å². The summed E-state index contributed by atoms with van der Waals surface area (Å²) >= 11 is 0. The average Bonchev–Trinajstić information content (AvgIpc) is 3.09. The quantitative estimate of drug-likeness (QED) is 0.796. The Balaban J connectivity index is 1.77. The summed E-state index contributed by atoms with van der Waals surface area (Å²) in [6.07, 6.45) is 2.06. The molecule has 0 saturated carbocycles. The molecule has 0 spiro atoms. The summed E-state index contributed by atoms with van der Waals surface area (Å²) < 4.78 is 2.12. The molecule has 1 aromatic heterocycles. The van der Waals surface area contributed by atoms with E-state index in [2.05, 4.69) is 25.4 Å². The third-order valence-corrected chi connectivity index (χ3v) is 3.64. The van der Waals surface area contributed by atoms with Crippen LogP contribution in [-0.2, 0) is 13.0 Å². The smallest absolute Gasteiger partial charge is 0.319 e. The van der Waals surface area contributed by atoms with Crippen LogP contribution >= 0.6 is 0 Å². The van der Waals surface area contributed by atoms with Gasteiger partial charge in [0.25, 0.3) is 0 Å². The molecule has 7 nitrogen and oxygen atoms in total. The summed E-state index contributed by atoms with van der Waals surface area (Å²) in [7, 11) is 0. The zero-order chi connectivity index (χ0) is 15.5. The fourth-order valence-corrected chi connectivity index (χ4v) is 2.54. The highest BCUT2D eigenvalue weighted by Gasteiger charge is 2.18. The highest BCUT2D eigenvalue weighted by molar-refractivity contribution is 5.90. The second-order valence-corrected chi connectivity index (χ2v) is 5.46. The van der Waals surface area contributed by atoms with Crippen LogP contribution in [0.25, 0.3) is 11.4 Å². The third-order valence-electron chi connectivity index (χ3n) is 3.64. The van der Waals surface area contributed by atoms with Gasteiger partial charge in [0, 0.05) is 24.2 Å². The number of fused-ring (bicyclic) bond motifs is 1. The van der Waals surface area contributed by atoms with E-state index in [1.165, 1.54) is 0 Å². The molecule has 7 heteroatoms. The van der Waals surface area contributed by atoms with Gasteiger partial charge in [-0.1, -0.05) is 12.1 Å². The lowest BCUT2D eigenvalue weighted by molar-refractivity contribution is 0.229. The van der Waals surface area contributed by atoms with Gasteiger partial charge in [0.05, 0.1) is 12.6 Å². The van der Waals surface area contributed by atoms with Crippen LogP contribution in [-0.4, -0.2) is 38.6 Å². The number of carbonyl (C=O) groups excluding carboxylic acids is 1. The zero-order valence-corrected chi connectivity index (χ0v) is 12.4. The normalized spacial score (nSPS) is 14.5. The summed E-state index contributed by atoms with van der Waals surface area (Å²) in [6, 6.07) is 6.88. The molecule has 1 atom stereocenters. The molecule has 1 aliphatic heterocycles. The van der Waals surface area contributed by atoms with Crippen molar-refractivity contribution in [2.45, 2.75) is 32.4 Å². The first kappa shape index (κ1) is 14.5. The molecule has 22 heavy (non-hydrogen) atoms. The molecule has 1 unspecified atom stereocenters. The Morgan fingerprint density at radius 1 is 1.45 bits per heavy atom. The summed E-state index contributed by atoms with van der Waals surface area (Å²) in [4.78, 5) is 11.8. The van der Waals surface area contributed by atoms with Crippen molar-refractivity contribution in [1.82, 2.24) is 20.1 Å². The van der Waals surface area contributed by atoms with Crippen molar-refractivity contribution in [1.29, 1.82) is 0 Å². The SMILES string of the molecule is CC(CO)NC(=O)Nc1cccc(-c2nnc3n2CCC3)c1. The predicted molar refractivity (Wildman–Crippen MR) is 82.5 cm³/mol. The Hall–Kier alpha value is -2.41. The van der Waals surface area contributed by atoms with Crippen LogP contribution in [0.3, 0.4) is 0 Å². The van der Waals surface area contributed by atoms with E-state index in [0.29, 0.717) is 5.69 Å². The molecule has 2 aromatic rings. The first-order valence-corrected chi connectivity index (χ1v) is 7.38. The van der Waals surface area contributed by atoms with Crippen LogP contribution in [0, 0.1) is 0 Å². The number of aliphatic hydroxyl groups excluding tert-OH is 1. The molecule has 0 radical (unpaired) electrons. The highest BCUT2D eigenvalue weighted by Crippen LogP contribution is 2.25. The Labute approximate surface area is 128 Å². The van der Waals surface area contributed by atoms with Gasteiger partial charge < -0.3 is 20.3 Å². The summed E-state index contributed by atoms with van der Waals surface area (Å²) in [5.41, 5.74) is 1.60. The topological polar surface area (TPSA) is 92.1 Å². The zero-order valence-electron chi connectivity index (χ0n) is 12.4. The van der Waals surface area contributed by atoms with Gasteiger partial charge in [-0.3, -0.25) is 0 Å². The van der Waals surface area contributed by atoms with Crippen LogP contribution in [0.15, 0.2) is 24.3 Å². The Morgan fingerprint density at radius 2 is 2.32 bits per heavy atom. The van der Waals surface area contributed by atoms with Crippen LogP contribution in [0.1, 0.15) is 19.2 Å². The van der Waals surface area contributed by atoms with E-state index in [-0.39, 0.29) is 18.7 Å². The second-order valence-electron chi connectivity index (χ2n) is 5.46. The van der Waals surface area contributed by atoms with Crippen molar-refractivity contribution in [2.75, 3.05) is 11.9 Å². The molecular weight excluding hydrogens is 282 g/mol. The van der Waals surface area contributed by atoms with Crippen molar-refractivity contribution in [2.24, 2.45) is 0 Å². The van der Waals surface area contributed by atoms with Crippen molar-refractivity contribution in [3.63, 3.8) is 0 Å². The molecule has 2 amide bonds. The number of aliphatic hydroxyl groups is 1.